The number of methoxy groups -OCH3 is 1. The van der Waals surface area contributed by atoms with E-state index in [1.54, 1.807) is 7.11 Å². The summed E-state index contributed by atoms with van der Waals surface area (Å²) < 4.78 is 10.7. The molecular weight excluding hydrogens is 202 g/mol. The monoisotopic (exact) mass is 219 g/mol. The van der Waals surface area contributed by atoms with Gasteiger partial charge in [0.15, 0.2) is 0 Å². The second-order valence-electron chi connectivity index (χ2n) is 3.93. The Morgan fingerprint density at radius 1 is 1.38 bits per heavy atom. The van der Waals surface area contributed by atoms with Gasteiger partial charge in [0.1, 0.15) is 11.3 Å². The lowest BCUT2D eigenvalue weighted by Crippen LogP contribution is -1.95. The van der Waals surface area contributed by atoms with E-state index >= 15 is 0 Å². The Labute approximate surface area is 95.2 Å². The van der Waals surface area contributed by atoms with Crippen LogP contribution in [0.5, 0.6) is 0 Å². The molecule has 2 aromatic rings. The van der Waals surface area contributed by atoms with Crippen molar-refractivity contribution in [3.63, 3.8) is 0 Å². The molecule has 0 aliphatic carbocycles. The van der Waals surface area contributed by atoms with Crippen LogP contribution in [0.3, 0.4) is 0 Å². The fraction of sp³-hybridized carbons (Fsp3) is 0.385. The summed E-state index contributed by atoms with van der Waals surface area (Å²) in [6, 6.07) is 6.24. The van der Waals surface area contributed by atoms with Crippen molar-refractivity contribution in [2.75, 3.05) is 13.7 Å². The summed E-state index contributed by atoms with van der Waals surface area (Å²) in [4.78, 5) is 0. The molecule has 3 heteroatoms. The number of ether oxygens (including phenoxy) is 1. The minimum Gasteiger partial charge on any atom is -0.459 e. The first-order valence-electron chi connectivity index (χ1n) is 5.46. The van der Waals surface area contributed by atoms with E-state index < -0.39 is 0 Å². The van der Waals surface area contributed by atoms with Gasteiger partial charge in [-0.3, -0.25) is 0 Å². The molecule has 86 valence electrons. The van der Waals surface area contributed by atoms with Gasteiger partial charge < -0.3 is 14.9 Å². The van der Waals surface area contributed by atoms with Gasteiger partial charge >= 0.3 is 0 Å². The van der Waals surface area contributed by atoms with Gasteiger partial charge in [-0.15, -0.1) is 0 Å². The van der Waals surface area contributed by atoms with E-state index in [9.17, 15) is 0 Å². The van der Waals surface area contributed by atoms with E-state index in [2.05, 4.69) is 12.1 Å². The molecule has 1 heterocycles. The number of fused-ring (bicyclic) bond motifs is 1. The van der Waals surface area contributed by atoms with E-state index in [4.69, 9.17) is 14.9 Å². The van der Waals surface area contributed by atoms with Crippen LogP contribution >= 0.6 is 0 Å². The average molecular weight is 219 g/mol. The number of rotatable bonds is 4. The number of nitrogens with two attached hydrogens (primary N) is 1. The van der Waals surface area contributed by atoms with Gasteiger partial charge in [0.25, 0.3) is 0 Å². The minimum absolute atomic E-state index is 0.452. The van der Waals surface area contributed by atoms with Gasteiger partial charge in [-0.1, -0.05) is 6.07 Å². The maximum absolute atomic E-state index is 5.65. The number of hydrogen-bond donors (Lipinski definition) is 1. The highest BCUT2D eigenvalue weighted by molar-refractivity contribution is 5.82. The van der Waals surface area contributed by atoms with Crippen LogP contribution in [0.2, 0.25) is 0 Å². The van der Waals surface area contributed by atoms with E-state index in [0.717, 1.165) is 35.3 Å². The topological polar surface area (TPSA) is 48.4 Å². The molecule has 1 aromatic heterocycles. The lowest BCUT2D eigenvalue weighted by atomic mass is 10.1. The lowest BCUT2D eigenvalue weighted by molar-refractivity contribution is 0.202. The minimum atomic E-state index is 0.452. The summed E-state index contributed by atoms with van der Waals surface area (Å²) in [5.74, 6) is 0.874. The zero-order chi connectivity index (χ0) is 11.5. The first-order valence-corrected chi connectivity index (χ1v) is 5.46. The Hall–Kier alpha value is -1.32. The molecule has 0 aliphatic heterocycles. The molecule has 0 saturated heterocycles. The number of hydrogen-bond acceptors (Lipinski definition) is 3. The third-order valence-electron chi connectivity index (χ3n) is 2.88. The highest BCUT2D eigenvalue weighted by Crippen LogP contribution is 2.26. The van der Waals surface area contributed by atoms with Crippen LogP contribution in [-0.4, -0.2) is 13.7 Å². The van der Waals surface area contributed by atoms with Crippen molar-refractivity contribution in [2.24, 2.45) is 5.73 Å². The first kappa shape index (κ1) is 11.2. The van der Waals surface area contributed by atoms with Crippen LogP contribution in [0, 0.1) is 6.92 Å². The van der Waals surface area contributed by atoms with Crippen molar-refractivity contribution >= 4 is 11.0 Å². The summed E-state index contributed by atoms with van der Waals surface area (Å²) in [6.45, 7) is 3.24. The van der Waals surface area contributed by atoms with Crippen LogP contribution < -0.4 is 5.73 Å². The van der Waals surface area contributed by atoms with Crippen molar-refractivity contribution in [1.29, 1.82) is 0 Å². The molecule has 1 aromatic carbocycles. The Morgan fingerprint density at radius 3 is 2.88 bits per heavy atom. The molecule has 0 unspecified atom stereocenters. The van der Waals surface area contributed by atoms with Gasteiger partial charge in [-0.2, -0.15) is 0 Å². The summed E-state index contributed by atoms with van der Waals surface area (Å²) in [7, 11) is 1.72. The molecule has 0 saturated carbocycles. The van der Waals surface area contributed by atoms with Crippen molar-refractivity contribution in [3.8, 4) is 0 Å². The van der Waals surface area contributed by atoms with Crippen molar-refractivity contribution in [3.05, 3.63) is 35.1 Å². The van der Waals surface area contributed by atoms with Crippen molar-refractivity contribution in [2.45, 2.75) is 19.9 Å². The largest absolute Gasteiger partial charge is 0.459 e. The molecule has 0 aliphatic rings. The molecule has 2 N–H and O–H groups in total. The van der Waals surface area contributed by atoms with Gasteiger partial charge in [-0.05, 0) is 36.6 Å². The normalized spacial score (nSPS) is 11.2. The summed E-state index contributed by atoms with van der Waals surface area (Å²) in [5, 5.41) is 1.16. The average Bonchev–Trinajstić information content (AvgIpc) is 2.63. The van der Waals surface area contributed by atoms with Crippen LogP contribution in [0.25, 0.3) is 11.0 Å². The first-order chi connectivity index (χ1) is 7.76. The SMILES string of the molecule is COCCc1ccc2oc(CN)c(C)c2c1. The zero-order valence-corrected chi connectivity index (χ0v) is 9.75. The summed E-state index contributed by atoms with van der Waals surface area (Å²) in [6.07, 6.45) is 0.926. The molecular formula is C13H17NO2. The van der Waals surface area contributed by atoms with E-state index in [0.29, 0.717) is 6.54 Å². The van der Waals surface area contributed by atoms with Crippen LogP contribution in [0.15, 0.2) is 22.6 Å². The molecule has 0 spiro atoms. The highest BCUT2D eigenvalue weighted by atomic mass is 16.5. The smallest absolute Gasteiger partial charge is 0.134 e. The number of furan rings is 1. The maximum atomic E-state index is 5.65. The molecule has 16 heavy (non-hydrogen) atoms. The third-order valence-corrected chi connectivity index (χ3v) is 2.88. The zero-order valence-electron chi connectivity index (χ0n) is 9.75. The maximum Gasteiger partial charge on any atom is 0.134 e. The number of aryl methyl sites for hydroxylation is 1. The summed E-state index contributed by atoms with van der Waals surface area (Å²) in [5.41, 5.74) is 8.95. The van der Waals surface area contributed by atoms with Crippen molar-refractivity contribution in [1.82, 2.24) is 0 Å². The molecule has 0 radical (unpaired) electrons. The Kier molecular flexibility index (Phi) is 3.27. The van der Waals surface area contributed by atoms with Crippen LogP contribution in [0.4, 0.5) is 0 Å². The Morgan fingerprint density at radius 2 is 2.19 bits per heavy atom. The third kappa shape index (κ3) is 1.96. The van der Waals surface area contributed by atoms with Crippen LogP contribution in [-0.2, 0) is 17.7 Å². The highest BCUT2D eigenvalue weighted by Gasteiger charge is 2.09. The van der Waals surface area contributed by atoms with Gasteiger partial charge in [0.05, 0.1) is 13.2 Å². The predicted octanol–water partition coefficient (Wildman–Crippen LogP) is 2.39. The fourth-order valence-corrected chi connectivity index (χ4v) is 1.89. The van der Waals surface area contributed by atoms with E-state index in [-0.39, 0.29) is 0 Å². The standard InChI is InChI=1S/C13H17NO2/c1-9-11-7-10(5-6-15-2)3-4-12(11)16-13(9)8-14/h3-4,7H,5-6,8,14H2,1-2H3. The molecule has 0 atom stereocenters. The Bertz CT molecular complexity index is 488. The van der Waals surface area contributed by atoms with Gasteiger partial charge in [0, 0.05) is 12.5 Å². The van der Waals surface area contributed by atoms with Crippen LogP contribution in [0.1, 0.15) is 16.9 Å². The van der Waals surface area contributed by atoms with Gasteiger partial charge in [0.2, 0.25) is 0 Å². The Balaban J connectivity index is 2.40. The molecule has 0 bridgehead atoms. The van der Waals surface area contributed by atoms with E-state index in [1.165, 1.54) is 5.56 Å². The van der Waals surface area contributed by atoms with Gasteiger partial charge in [-0.25, -0.2) is 0 Å². The summed E-state index contributed by atoms with van der Waals surface area (Å²) >= 11 is 0. The lowest BCUT2D eigenvalue weighted by Gasteiger charge is -2.00. The second-order valence-corrected chi connectivity index (χ2v) is 3.93. The fourth-order valence-electron chi connectivity index (χ4n) is 1.89. The van der Waals surface area contributed by atoms with Crippen molar-refractivity contribution < 1.29 is 9.15 Å². The molecule has 0 fully saturated rings. The van der Waals surface area contributed by atoms with E-state index in [1.807, 2.05) is 13.0 Å². The molecule has 0 amide bonds. The predicted molar refractivity (Wildman–Crippen MR) is 64.4 cm³/mol. The number of benzene rings is 1. The molecule has 3 nitrogen and oxygen atoms in total. The second kappa shape index (κ2) is 4.68. The molecule has 2 rings (SSSR count). The quantitative estimate of drug-likeness (QED) is 0.858.